The molecule has 1 aliphatic heterocycles. The van der Waals surface area contributed by atoms with E-state index in [1.165, 1.54) is 24.3 Å². The highest BCUT2D eigenvalue weighted by molar-refractivity contribution is 7.86. The monoisotopic (exact) mass is 512 g/mol. The van der Waals surface area contributed by atoms with E-state index >= 15 is 0 Å². The number of nitro groups is 1. The highest BCUT2D eigenvalue weighted by atomic mass is 32.2. The molecular formula is C26H28N2O7S. The molecule has 0 radical (unpaired) electrons. The standard InChI is InChI=1S/C26H28N2O7S/c1-19-7-10-24(11-8-19)36(32,33)34-18-21(17-29)13-23-16-27(15-20-5-3-2-4-6-20)25-14-22(28(30)31)9-12-26(25)35-23/h2-12,14,21,23,29H,13,15-18H2,1H3/t21?,23-/m0/s1. The lowest BCUT2D eigenvalue weighted by Gasteiger charge is -2.37. The Morgan fingerprint density at radius 1 is 1.14 bits per heavy atom. The zero-order chi connectivity index (χ0) is 25.7. The van der Waals surface area contributed by atoms with Crippen LogP contribution in [0.3, 0.4) is 0 Å². The smallest absolute Gasteiger partial charge is 0.296 e. The minimum atomic E-state index is -3.96. The van der Waals surface area contributed by atoms with Crippen molar-refractivity contribution in [2.45, 2.75) is 30.9 Å². The van der Waals surface area contributed by atoms with Gasteiger partial charge in [-0.2, -0.15) is 8.42 Å². The summed E-state index contributed by atoms with van der Waals surface area (Å²) < 4.78 is 36.5. The lowest BCUT2D eigenvalue weighted by Crippen LogP contribution is -2.41. The topological polar surface area (TPSA) is 119 Å². The summed E-state index contributed by atoms with van der Waals surface area (Å²) >= 11 is 0. The zero-order valence-corrected chi connectivity index (χ0v) is 20.6. The summed E-state index contributed by atoms with van der Waals surface area (Å²) in [4.78, 5) is 12.9. The van der Waals surface area contributed by atoms with E-state index in [2.05, 4.69) is 0 Å². The van der Waals surface area contributed by atoms with Gasteiger partial charge in [0.05, 0.1) is 28.7 Å². The maximum Gasteiger partial charge on any atom is 0.296 e. The summed E-state index contributed by atoms with van der Waals surface area (Å²) in [7, 11) is -3.96. The molecule has 190 valence electrons. The molecule has 10 heteroatoms. The third kappa shape index (κ3) is 6.20. The average Bonchev–Trinajstić information content (AvgIpc) is 2.87. The van der Waals surface area contributed by atoms with E-state index in [0.717, 1.165) is 11.1 Å². The summed E-state index contributed by atoms with van der Waals surface area (Å²) in [5.74, 6) is 0.00561. The van der Waals surface area contributed by atoms with Crippen molar-refractivity contribution in [3.8, 4) is 5.75 Å². The van der Waals surface area contributed by atoms with E-state index in [0.29, 0.717) is 30.9 Å². The predicted octanol–water partition coefficient (Wildman–Crippen LogP) is 4.07. The van der Waals surface area contributed by atoms with E-state index in [-0.39, 0.29) is 29.9 Å². The predicted molar refractivity (Wildman–Crippen MR) is 135 cm³/mol. The Bertz CT molecular complexity index is 1300. The average molecular weight is 513 g/mol. The molecule has 0 saturated heterocycles. The van der Waals surface area contributed by atoms with Crippen molar-refractivity contribution in [3.05, 3.63) is 94.0 Å². The number of aliphatic hydroxyl groups is 1. The Morgan fingerprint density at radius 3 is 2.53 bits per heavy atom. The molecular weight excluding hydrogens is 484 g/mol. The lowest BCUT2D eigenvalue weighted by molar-refractivity contribution is -0.384. The quantitative estimate of drug-likeness (QED) is 0.245. The van der Waals surface area contributed by atoms with Crippen molar-refractivity contribution in [3.63, 3.8) is 0 Å². The lowest BCUT2D eigenvalue weighted by atomic mass is 10.0. The Kier molecular flexibility index (Phi) is 7.88. The first-order valence-electron chi connectivity index (χ1n) is 11.6. The highest BCUT2D eigenvalue weighted by Gasteiger charge is 2.30. The number of hydrogen-bond donors (Lipinski definition) is 1. The number of non-ortho nitro benzene ring substituents is 1. The second-order valence-corrected chi connectivity index (χ2v) is 10.5. The van der Waals surface area contributed by atoms with E-state index in [4.69, 9.17) is 8.92 Å². The van der Waals surface area contributed by atoms with E-state index < -0.39 is 21.0 Å². The Morgan fingerprint density at radius 2 is 1.86 bits per heavy atom. The molecule has 3 aromatic carbocycles. The SMILES string of the molecule is Cc1ccc(S(=O)(=O)OCC(CO)C[C@H]2CN(Cc3ccccc3)c3cc([N+](=O)[O-])ccc3O2)cc1. The molecule has 1 aliphatic rings. The molecule has 2 atom stereocenters. The molecule has 1 heterocycles. The minimum Gasteiger partial charge on any atom is -0.486 e. The summed E-state index contributed by atoms with van der Waals surface area (Å²) in [5.41, 5.74) is 2.55. The number of nitro benzene ring substituents is 1. The van der Waals surface area contributed by atoms with Crippen molar-refractivity contribution in [1.82, 2.24) is 0 Å². The fourth-order valence-electron chi connectivity index (χ4n) is 4.13. The molecule has 36 heavy (non-hydrogen) atoms. The number of aliphatic hydroxyl groups excluding tert-OH is 1. The second-order valence-electron chi connectivity index (χ2n) is 8.85. The Labute approximate surface area is 210 Å². The van der Waals surface area contributed by atoms with Gasteiger partial charge in [0.15, 0.2) is 0 Å². The highest BCUT2D eigenvalue weighted by Crippen LogP contribution is 2.38. The first-order chi connectivity index (χ1) is 17.2. The van der Waals surface area contributed by atoms with Gasteiger partial charge >= 0.3 is 0 Å². The minimum absolute atomic E-state index is 0.0307. The van der Waals surface area contributed by atoms with Crippen LogP contribution in [-0.2, 0) is 20.8 Å². The molecule has 0 spiro atoms. The third-order valence-electron chi connectivity index (χ3n) is 6.05. The molecule has 9 nitrogen and oxygen atoms in total. The fourth-order valence-corrected chi connectivity index (χ4v) is 5.11. The number of hydrogen-bond acceptors (Lipinski definition) is 8. The number of benzene rings is 3. The number of ether oxygens (including phenoxy) is 1. The molecule has 0 aliphatic carbocycles. The molecule has 0 bridgehead atoms. The molecule has 0 aromatic heterocycles. The van der Waals surface area contributed by atoms with Gasteiger partial charge in [0.25, 0.3) is 15.8 Å². The molecule has 0 fully saturated rings. The van der Waals surface area contributed by atoms with Crippen LogP contribution in [0.5, 0.6) is 5.75 Å². The van der Waals surface area contributed by atoms with Crippen molar-refractivity contribution in [2.24, 2.45) is 5.92 Å². The zero-order valence-electron chi connectivity index (χ0n) is 19.8. The molecule has 0 saturated carbocycles. The number of rotatable bonds is 10. The number of anilines is 1. The van der Waals surface area contributed by atoms with Gasteiger partial charge in [-0.3, -0.25) is 14.3 Å². The molecule has 1 N–H and O–H groups in total. The van der Waals surface area contributed by atoms with Gasteiger partial charge in [0.2, 0.25) is 0 Å². The van der Waals surface area contributed by atoms with Crippen LogP contribution >= 0.6 is 0 Å². The van der Waals surface area contributed by atoms with Crippen LogP contribution in [0, 0.1) is 23.0 Å². The third-order valence-corrected chi connectivity index (χ3v) is 7.35. The Balaban J connectivity index is 1.48. The number of aryl methyl sites for hydroxylation is 1. The summed E-state index contributed by atoms with van der Waals surface area (Å²) in [5, 5.41) is 21.3. The van der Waals surface area contributed by atoms with Crippen LogP contribution in [-0.4, -0.2) is 44.3 Å². The van der Waals surface area contributed by atoms with E-state index in [1.807, 2.05) is 42.2 Å². The fraction of sp³-hybridized carbons (Fsp3) is 0.308. The van der Waals surface area contributed by atoms with Crippen LogP contribution < -0.4 is 9.64 Å². The van der Waals surface area contributed by atoms with Crippen LogP contribution in [0.2, 0.25) is 0 Å². The second kappa shape index (κ2) is 11.1. The number of nitrogens with zero attached hydrogens (tertiary/aromatic N) is 2. The van der Waals surface area contributed by atoms with Crippen molar-refractivity contribution >= 4 is 21.5 Å². The first-order valence-corrected chi connectivity index (χ1v) is 13.0. The van der Waals surface area contributed by atoms with Crippen LogP contribution in [0.15, 0.2) is 77.7 Å². The van der Waals surface area contributed by atoms with Gasteiger partial charge in [-0.05, 0) is 37.1 Å². The van der Waals surface area contributed by atoms with Crippen LogP contribution in [0.1, 0.15) is 17.5 Å². The Hall–Kier alpha value is -3.47. The summed E-state index contributed by atoms with van der Waals surface area (Å²) in [6.07, 6.45) is -0.0488. The maximum atomic E-state index is 12.6. The first kappa shape index (κ1) is 25.6. The summed E-state index contributed by atoms with van der Waals surface area (Å²) in [6, 6.07) is 20.5. The van der Waals surface area contributed by atoms with Gasteiger partial charge in [-0.25, -0.2) is 0 Å². The largest absolute Gasteiger partial charge is 0.486 e. The molecule has 4 rings (SSSR count). The molecule has 3 aromatic rings. The van der Waals surface area contributed by atoms with Crippen molar-refractivity contribution in [1.29, 1.82) is 0 Å². The van der Waals surface area contributed by atoms with Gasteiger partial charge in [0, 0.05) is 31.2 Å². The van der Waals surface area contributed by atoms with Gasteiger partial charge in [0.1, 0.15) is 11.9 Å². The van der Waals surface area contributed by atoms with Crippen LogP contribution in [0.4, 0.5) is 11.4 Å². The van der Waals surface area contributed by atoms with Gasteiger partial charge in [-0.1, -0.05) is 48.0 Å². The van der Waals surface area contributed by atoms with Crippen molar-refractivity contribution < 1.29 is 27.4 Å². The normalized spacial score (nSPS) is 16.2. The van der Waals surface area contributed by atoms with Gasteiger partial charge < -0.3 is 14.7 Å². The maximum absolute atomic E-state index is 12.6. The van der Waals surface area contributed by atoms with E-state index in [1.54, 1.807) is 18.2 Å². The van der Waals surface area contributed by atoms with Crippen LogP contribution in [0.25, 0.3) is 0 Å². The molecule has 1 unspecified atom stereocenters. The molecule has 0 amide bonds. The summed E-state index contributed by atoms with van der Waals surface area (Å²) in [6.45, 7) is 2.30. The van der Waals surface area contributed by atoms with Gasteiger partial charge in [-0.15, -0.1) is 0 Å². The van der Waals surface area contributed by atoms with Crippen molar-refractivity contribution in [2.75, 3.05) is 24.7 Å². The van der Waals surface area contributed by atoms with E-state index in [9.17, 15) is 23.6 Å². The number of fused-ring (bicyclic) bond motifs is 1.